The molecule has 26 heavy (non-hydrogen) atoms. The van der Waals surface area contributed by atoms with E-state index in [2.05, 4.69) is 16.0 Å². The molecule has 0 saturated carbocycles. The number of amides is 4. The summed E-state index contributed by atoms with van der Waals surface area (Å²) in [6.45, 7) is 1.25. The van der Waals surface area contributed by atoms with Crippen molar-refractivity contribution in [3.8, 4) is 0 Å². The summed E-state index contributed by atoms with van der Waals surface area (Å²) in [5.41, 5.74) is 0. The van der Waals surface area contributed by atoms with E-state index in [0.29, 0.717) is 6.42 Å². The molecule has 0 saturated heterocycles. The molecule has 0 rings (SSSR count). The number of hydrogen-bond acceptors (Lipinski definition) is 6. The van der Waals surface area contributed by atoms with Crippen molar-refractivity contribution in [2.75, 3.05) is 34.4 Å². The third kappa shape index (κ3) is 8.62. The lowest BCUT2D eigenvalue weighted by molar-refractivity contribution is -0.136. The van der Waals surface area contributed by atoms with Crippen molar-refractivity contribution in [1.82, 2.24) is 20.9 Å². The number of carboxylic acid groups (broad SMARTS) is 1. The third-order valence-electron chi connectivity index (χ3n) is 3.39. The Morgan fingerprint density at radius 3 is 2.23 bits per heavy atom. The number of aliphatic hydroxyl groups is 1. The number of nitrogens with zero attached hydrogens (tertiary/aromatic N) is 1. The number of carbonyl (C=O) groups is 4. The molecule has 0 spiro atoms. The Morgan fingerprint density at radius 2 is 1.77 bits per heavy atom. The number of methoxy groups -OCH3 is 1. The van der Waals surface area contributed by atoms with Gasteiger partial charge in [-0.3, -0.25) is 14.4 Å². The lowest BCUT2D eigenvalue weighted by Gasteiger charge is -2.23. The average Bonchev–Trinajstić information content (AvgIpc) is 2.57. The summed E-state index contributed by atoms with van der Waals surface area (Å²) >= 11 is 0. The van der Waals surface area contributed by atoms with Gasteiger partial charge >= 0.3 is 6.09 Å². The van der Waals surface area contributed by atoms with E-state index in [9.17, 15) is 24.3 Å². The number of likely N-dealkylation sites (N-methyl/N-ethyl adjacent to an activating group) is 1. The molecule has 0 radical (unpaired) electrons. The first kappa shape index (κ1) is 23.6. The van der Waals surface area contributed by atoms with Gasteiger partial charge in [-0.2, -0.15) is 0 Å². The molecular weight excluding hydrogens is 348 g/mol. The number of hydrogen-bond donors (Lipinski definition) is 5. The minimum Gasteiger partial charge on any atom is -0.465 e. The van der Waals surface area contributed by atoms with Crippen LogP contribution >= 0.6 is 0 Å². The van der Waals surface area contributed by atoms with Gasteiger partial charge in [0.1, 0.15) is 6.04 Å². The fourth-order valence-electron chi connectivity index (χ4n) is 2.13. The van der Waals surface area contributed by atoms with Crippen molar-refractivity contribution in [3.63, 3.8) is 0 Å². The molecule has 2 unspecified atom stereocenters. The number of carbonyl (C=O) groups excluding carboxylic acids is 3. The van der Waals surface area contributed by atoms with Crippen LogP contribution in [0.3, 0.4) is 0 Å². The van der Waals surface area contributed by atoms with Gasteiger partial charge in [0.15, 0.2) is 6.10 Å². The molecule has 0 fully saturated rings. The van der Waals surface area contributed by atoms with E-state index >= 15 is 0 Å². The Bertz CT molecular complexity index is 498. The maximum Gasteiger partial charge on any atom is 0.404 e. The van der Waals surface area contributed by atoms with Crippen molar-refractivity contribution < 1.29 is 34.1 Å². The molecule has 4 amide bonds. The molecule has 11 heteroatoms. The molecule has 0 aliphatic heterocycles. The van der Waals surface area contributed by atoms with Crippen LogP contribution in [-0.4, -0.2) is 91.5 Å². The minimum atomic E-state index is -1.64. The SMILES string of the molecule is CCCC(NC(=O)O)C(O)C(=O)NCC(=O)N[C@@H](COC)C(=O)N(C)C. The van der Waals surface area contributed by atoms with Crippen molar-refractivity contribution in [2.24, 2.45) is 0 Å². The van der Waals surface area contributed by atoms with Crippen LogP contribution in [0.1, 0.15) is 19.8 Å². The molecule has 0 aromatic carbocycles. The van der Waals surface area contributed by atoms with Gasteiger partial charge in [-0.1, -0.05) is 13.3 Å². The molecular formula is C15H28N4O7. The molecule has 0 heterocycles. The van der Waals surface area contributed by atoms with Gasteiger partial charge in [0.05, 0.1) is 19.2 Å². The van der Waals surface area contributed by atoms with Crippen LogP contribution in [0, 0.1) is 0 Å². The highest BCUT2D eigenvalue weighted by Crippen LogP contribution is 2.03. The largest absolute Gasteiger partial charge is 0.465 e. The van der Waals surface area contributed by atoms with Gasteiger partial charge in [0, 0.05) is 21.2 Å². The zero-order valence-electron chi connectivity index (χ0n) is 15.4. The van der Waals surface area contributed by atoms with Gasteiger partial charge < -0.3 is 35.8 Å². The molecule has 150 valence electrons. The normalized spacial score (nSPS) is 13.9. The second-order valence-corrected chi connectivity index (χ2v) is 5.82. The zero-order chi connectivity index (χ0) is 20.3. The highest BCUT2D eigenvalue weighted by atomic mass is 16.5. The summed E-state index contributed by atoms with van der Waals surface area (Å²) < 4.78 is 4.88. The highest BCUT2D eigenvalue weighted by molar-refractivity contribution is 5.91. The summed E-state index contributed by atoms with van der Waals surface area (Å²) in [5.74, 6) is -1.92. The molecule has 5 N–H and O–H groups in total. The van der Waals surface area contributed by atoms with Gasteiger partial charge in [-0.05, 0) is 6.42 Å². The van der Waals surface area contributed by atoms with Crippen LogP contribution in [-0.2, 0) is 19.1 Å². The summed E-state index contributed by atoms with van der Waals surface area (Å²) in [6.07, 6.45) is -2.21. The first-order valence-corrected chi connectivity index (χ1v) is 8.08. The topological polar surface area (TPSA) is 157 Å². The number of rotatable bonds is 11. The van der Waals surface area contributed by atoms with Crippen LogP contribution in [0.15, 0.2) is 0 Å². The number of ether oxygens (including phenoxy) is 1. The highest BCUT2D eigenvalue weighted by Gasteiger charge is 2.28. The second kappa shape index (κ2) is 12.0. The Balaban J connectivity index is 4.64. The molecule has 0 aromatic heterocycles. The number of aliphatic hydroxyl groups excluding tert-OH is 1. The lowest BCUT2D eigenvalue weighted by atomic mass is 10.1. The maximum atomic E-state index is 11.9. The van der Waals surface area contributed by atoms with Crippen molar-refractivity contribution in [2.45, 2.75) is 38.0 Å². The van der Waals surface area contributed by atoms with Crippen LogP contribution < -0.4 is 16.0 Å². The third-order valence-corrected chi connectivity index (χ3v) is 3.39. The van der Waals surface area contributed by atoms with Gasteiger partial charge in [0.2, 0.25) is 11.8 Å². The quantitative estimate of drug-likeness (QED) is 0.282. The smallest absolute Gasteiger partial charge is 0.404 e. The Kier molecular flexibility index (Phi) is 10.9. The van der Waals surface area contributed by atoms with Gasteiger partial charge in [-0.15, -0.1) is 0 Å². The average molecular weight is 376 g/mol. The summed E-state index contributed by atoms with van der Waals surface area (Å²) in [5, 5.41) is 25.4. The van der Waals surface area contributed by atoms with E-state index in [0.717, 1.165) is 0 Å². The number of nitrogens with one attached hydrogen (secondary N) is 3. The summed E-state index contributed by atoms with van der Waals surface area (Å²) in [4.78, 5) is 47.8. The summed E-state index contributed by atoms with van der Waals surface area (Å²) in [6, 6.07) is -1.90. The fourth-order valence-corrected chi connectivity index (χ4v) is 2.13. The van der Waals surface area contributed by atoms with Crippen LogP contribution in [0.4, 0.5) is 4.79 Å². The lowest BCUT2D eigenvalue weighted by Crippen LogP contribution is -2.54. The van der Waals surface area contributed by atoms with Crippen molar-refractivity contribution in [1.29, 1.82) is 0 Å². The van der Waals surface area contributed by atoms with E-state index in [1.54, 1.807) is 6.92 Å². The van der Waals surface area contributed by atoms with Crippen LogP contribution in [0.2, 0.25) is 0 Å². The zero-order valence-corrected chi connectivity index (χ0v) is 15.4. The molecule has 11 nitrogen and oxygen atoms in total. The summed E-state index contributed by atoms with van der Waals surface area (Å²) in [7, 11) is 4.43. The Morgan fingerprint density at radius 1 is 1.15 bits per heavy atom. The fraction of sp³-hybridized carbons (Fsp3) is 0.733. The second-order valence-electron chi connectivity index (χ2n) is 5.82. The Labute approximate surface area is 152 Å². The van der Waals surface area contributed by atoms with E-state index in [1.807, 2.05) is 0 Å². The molecule has 0 aliphatic rings. The standard InChI is InChI=1S/C15H28N4O7/c1-5-6-9(18-15(24)25)12(21)13(22)16-7-11(20)17-10(8-26-4)14(23)19(2)3/h9-10,12,18,21H,5-8H2,1-4H3,(H,16,22)(H,17,20)(H,24,25)/t9?,10-,12?/m0/s1. The van der Waals surface area contributed by atoms with E-state index in [-0.39, 0.29) is 18.9 Å². The van der Waals surface area contributed by atoms with Crippen LogP contribution in [0.25, 0.3) is 0 Å². The molecule has 0 bridgehead atoms. The first-order valence-electron chi connectivity index (χ1n) is 8.08. The van der Waals surface area contributed by atoms with Gasteiger partial charge in [0.25, 0.3) is 5.91 Å². The minimum absolute atomic E-state index is 0.0412. The van der Waals surface area contributed by atoms with E-state index in [1.165, 1.54) is 26.1 Å². The van der Waals surface area contributed by atoms with Crippen LogP contribution in [0.5, 0.6) is 0 Å². The molecule has 3 atom stereocenters. The van der Waals surface area contributed by atoms with Crippen molar-refractivity contribution >= 4 is 23.8 Å². The predicted molar refractivity (Wildman–Crippen MR) is 91.4 cm³/mol. The predicted octanol–water partition coefficient (Wildman–Crippen LogP) is -1.88. The van der Waals surface area contributed by atoms with Crippen molar-refractivity contribution in [3.05, 3.63) is 0 Å². The Hall–Kier alpha value is -2.40. The maximum absolute atomic E-state index is 11.9. The van der Waals surface area contributed by atoms with Gasteiger partial charge in [-0.25, -0.2) is 4.79 Å². The van der Waals surface area contributed by atoms with E-state index < -0.39 is 42.6 Å². The monoisotopic (exact) mass is 376 g/mol. The first-order chi connectivity index (χ1) is 12.1. The molecule has 0 aliphatic carbocycles. The van der Waals surface area contributed by atoms with E-state index in [4.69, 9.17) is 9.84 Å². The molecule has 0 aromatic rings.